The van der Waals surface area contributed by atoms with Gasteiger partial charge in [-0.05, 0) is 48.6 Å². The monoisotopic (exact) mass is 705 g/mol. The maximum Gasteiger partial charge on any atom is 0.307 e. The van der Waals surface area contributed by atoms with Gasteiger partial charge in [-0.3, -0.25) is 19.6 Å². The first-order chi connectivity index (χ1) is 23.7. The molecule has 3 aliphatic rings. The number of nitrogens with zero attached hydrogens (tertiary/aromatic N) is 5. The standard InChI is InChI=1S/C36H37Cl2N5O6/c1-47-33-21(16-42-12-11-20(15-42)36(45)46)13-28(37)34(41-33)49-31-10-9-24-23(5-3-6-25(24)31)26-7-4-8-27(32(26)38)29-14-39-30(35(40-29)48-2)19-43-17-22(44)18-43/h3-8,13-14,20,22,31,44H,9-12,15-19H2,1-2H3,(H,45,46)/t20-,31-/m0/s1. The van der Waals surface area contributed by atoms with Gasteiger partial charge in [0.2, 0.25) is 17.6 Å². The molecule has 2 aliphatic heterocycles. The lowest BCUT2D eigenvalue weighted by molar-refractivity contribution is -0.141. The minimum absolute atomic E-state index is 0.275. The number of aromatic nitrogens is 3. The number of benzene rings is 2. The van der Waals surface area contributed by atoms with E-state index in [-0.39, 0.29) is 24.0 Å². The van der Waals surface area contributed by atoms with E-state index in [4.69, 9.17) is 42.4 Å². The van der Waals surface area contributed by atoms with Crippen molar-refractivity contribution in [2.75, 3.05) is 40.4 Å². The predicted molar refractivity (Wildman–Crippen MR) is 184 cm³/mol. The van der Waals surface area contributed by atoms with Gasteiger partial charge in [0.15, 0.2) is 0 Å². The van der Waals surface area contributed by atoms with Crippen molar-refractivity contribution in [1.29, 1.82) is 0 Å². The van der Waals surface area contributed by atoms with E-state index in [1.54, 1.807) is 26.5 Å². The zero-order valence-electron chi connectivity index (χ0n) is 27.2. The van der Waals surface area contributed by atoms with E-state index in [1.807, 2.05) is 24.3 Å². The van der Waals surface area contributed by atoms with Crippen LogP contribution in [0.15, 0.2) is 48.7 Å². The van der Waals surface area contributed by atoms with Crippen LogP contribution in [0.5, 0.6) is 17.6 Å². The first kappa shape index (κ1) is 33.5. The Hall–Kier alpha value is -4.00. The summed E-state index contributed by atoms with van der Waals surface area (Å²) in [6.45, 7) is 3.40. The number of hydrogen-bond acceptors (Lipinski definition) is 10. The van der Waals surface area contributed by atoms with Gasteiger partial charge >= 0.3 is 5.97 Å². The van der Waals surface area contributed by atoms with Gasteiger partial charge in [-0.15, -0.1) is 0 Å². The van der Waals surface area contributed by atoms with Crippen LogP contribution in [0.3, 0.4) is 0 Å². The normalized spacial score (nSPS) is 19.4. The predicted octanol–water partition coefficient (Wildman–Crippen LogP) is 5.68. The molecule has 0 radical (unpaired) electrons. The molecule has 0 saturated carbocycles. The largest absolute Gasteiger partial charge is 0.481 e. The van der Waals surface area contributed by atoms with Crippen molar-refractivity contribution in [2.24, 2.45) is 5.92 Å². The Morgan fingerprint density at radius 1 is 0.918 bits per heavy atom. The van der Waals surface area contributed by atoms with E-state index in [9.17, 15) is 15.0 Å². The van der Waals surface area contributed by atoms with Crippen LogP contribution in [0, 0.1) is 5.92 Å². The highest BCUT2D eigenvalue weighted by atomic mass is 35.5. The molecule has 11 nitrogen and oxygen atoms in total. The van der Waals surface area contributed by atoms with E-state index in [2.05, 4.69) is 31.9 Å². The number of ether oxygens (including phenoxy) is 3. The van der Waals surface area contributed by atoms with Crippen LogP contribution in [0.1, 0.15) is 41.3 Å². The van der Waals surface area contributed by atoms with E-state index >= 15 is 0 Å². The molecular formula is C36H37Cl2N5O6. The zero-order valence-corrected chi connectivity index (χ0v) is 28.7. The van der Waals surface area contributed by atoms with Gasteiger partial charge in [0.05, 0.1) is 43.2 Å². The fourth-order valence-electron chi connectivity index (χ4n) is 7.03. The molecule has 4 aromatic rings. The number of rotatable bonds is 11. The van der Waals surface area contributed by atoms with Crippen LogP contribution in [-0.4, -0.2) is 87.4 Å². The number of methoxy groups -OCH3 is 2. The number of hydrogen-bond donors (Lipinski definition) is 2. The summed E-state index contributed by atoms with van der Waals surface area (Å²) in [4.78, 5) is 29.6. The molecule has 2 fully saturated rings. The second-order valence-electron chi connectivity index (χ2n) is 12.7. The average Bonchev–Trinajstić information content (AvgIpc) is 3.73. The molecule has 4 heterocycles. The fourth-order valence-corrected chi connectivity index (χ4v) is 7.57. The molecule has 49 heavy (non-hydrogen) atoms. The molecule has 1 aliphatic carbocycles. The molecule has 2 saturated heterocycles. The van der Waals surface area contributed by atoms with E-state index in [1.165, 1.54) is 0 Å². The lowest BCUT2D eigenvalue weighted by Crippen LogP contribution is -2.50. The summed E-state index contributed by atoms with van der Waals surface area (Å²) < 4.78 is 17.6. The van der Waals surface area contributed by atoms with Crippen molar-refractivity contribution in [1.82, 2.24) is 24.8 Å². The second-order valence-corrected chi connectivity index (χ2v) is 13.5. The number of pyridine rings is 1. The molecule has 0 spiro atoms. The number of β-amino-alcohol motifs (C(OH)–C–C–N with tert-alkyl or cyclic N) is 1. The summed E-state index contributed by atoms with van der Waals surface area (Å²) in [5, 5.41) is 20.0. The number of carboxylic acid groups (broad SMARTS) is 1. The maximum atomic E-state index is 11.4. The molecule has 2 atom stereocenters. The molecule has 0 amide bonds. The molecule has 2 aromatic carbocycles. The maximum absolute atomic E-state index is 11.4. The lowest BCUT2D eigenvalue weighted by atomic mass is 9.95. The summed E-state index contributed by atoms with van der Waals surface area (Å²) >= 11 is 13.8. The Kier molecular flexibility index (Phi) is 9.63. The van der Waals surface area contributed by atoms with Crippen LogP contribution in [0.4, 0.5) is 0 Å². The molecular weight excluding hydrogens is 669 g/mol. The lowest BCUT2D eigenvalue weighted by Gasteiger charge is -2.35. The number of aliphatic hydroxyl groups is 1. The van der Waals surface area contributed by atoms with Gasteiger partial charge in [-0.1, -0.05) is 59.6 Å². The van der Waals surface area contributed by atoms with Gasteiger partial charge in [0, 0.05) is 49.4 Å². The molecule has 2 aromatic heterocycles. The SMILES string of the molecule is COc1nc(O[C@H]2CCc3c(-c4cccc(-c5cnc(CN6CC(O)C6)c(OC)n5)c4Cl)cccc32)c(Cl)cc1CN1CC[C@H](C(=O)O)C1. The van der Waals surface area contributed by atoms with Gasteiger partial charge < -0.3 is 24.4 Å². The highest BCUT2D eigenvalue weighted by molar-refractivity contribution is 6.36. The number of carboxylic acids is 1. The minimum Gasteiger partial charge on any atom is -0.481 e. The minimum atomic E-state index is -0.773. The molecule has 7 rings (SSSR count). The molecule has 13 heteroatoms. The number of likely N-dealkylation sites (tertiary alicyclic amines) is 2. The molecule has 0 unspecified atom stereocenters. The van der Waals surface area contributed by atoms with E-state index in [0.29, 0.717) is 78.9 Å². The van der Waals surface area contributed by atoms with Gasteiger partial charge in [0.1, 0.15) is 16.8 Å². The number of aliphatic carboxylic acids is 1. The third-order valence-electron chi connectivity index (χ3n) is 9.54. The van der Waals surface area contributed by atoms with Crippen molar-refractivity contribution < 1.29 is 29.2 Å². The Bertz CT molecular complexity index is 1890. The van der Waals surface area contributed by atoms with Crippen LogP contribution in [0.25, 0.3) is 22.4 Å². The van der Waals surface area contributed by atoms with Crippen LogP contribution < -0.4 is 14.2 Å². The van der Waals surface area contributed by atoms with Gasteiger partial charge in [-0.2, -0.15) is 4.98 Å². The summed E-state index contributed by atoms with van der Waals surface area (Å²) in [5.41, 5.74) is 6.92. The summed E-state index contributed by atoms with van der Waals surface area (Å²) in [5.74, 6) is -0.0222. The van der Waals surface area contributed by atoms with Crippen molar-refractivity contribution in [2.45, 2.75) is 44.6 Å². The van der Waals surface area contributed by atoms with Crippen molar-refractivity contribution in [3.63, 3.8) is 0 Å². The Morgan fingerprint density at radius 2 is 1.67 bits per heavy atom. The number of fused-ring (bicyclic) bond motifs is 1. The van der Waals surface area contributed by atoms with Crippen molar-refractivity contribution in [3.05, 3.63) is 81.1 Å². The zero-order chi connectivity index (χ0) is 34.2. The quantitative estimate of drug-likeness (QED) is 0.200. The molecule has 2 N–H and O–H groups in total. The van der Waals surface area contributed by atoms with Crippen molar-refractivity contribution >= 4 is 29.2 Å². The highest BCUT2D eigenvalue weighted by Gasteiger charge is 2.31. The number of carbonyl (C=O) groups is 1. The topological polar surface area (TPSA) is 130 Å². The number of halogens is 2. The van der Waals surface area contributed by atoms with Gasteiger partial charge in [-0.25, -0.2) is 4.98 Å². The van der Waals surface area contributed by atoms with Crippen molar-refractivity contribution in [3.8, 4) is 40.0 Å². The fraction of sp³-hybridized carbons (Fsp3) is 0.389. The Labute approximate surface area is 294 Å². The smallest absolute Gasteiger partial charge is 0.307 e. The highest BCUT2D eigenvalue weighted by Crippen LogP contribution is 2.44. The van der Waals surface area contributed by atoms with E-state index < -0.39 is 5.97 Å². The molecule has 0 bridgehead atoms. The molecule has 256 valence electrons. The van der Waals surface area contributed by atoms with E-state index in [0.717, 1.165) is 46.2 Å². The average molecular weight is 707 g/mol. The first-order valence-electron chi connectivity index (χ1n) is 16.3. The summed E-state index contributed by atoms with van der Waals surface area (Å²) in [6.07, 6.45) is 3.26. The van der Waals surface area contributed by atoms with Crippen LogP contribution >= 0.6 is 23.2 Å². The summed E-state index contributed by atoms with van der Waals surface area (Å²) in [6, 6.07) is 13.8. The van der Waals surface area contributed by atoms with Gasteiger partial charge in [0.25, 0.3) is 0 Å². The van der Waals surface area contributed by atoms with Crippen LogP contribution in [-0.2, 0) is 24.3 Å². The summed E-state index contributed by atoms with van der Waals surface area (Å²) in [7, 11) is 3.13. The third kappa shape index (κ3) is 6.78. The van der Waals surface area contributed by atoms with Crippen LogP contribution in [0.2, 0.25) is 10.0 Å². The third-order valence-corrected chi connectivity index (χ3v) is 10.2. The first-order valence-corrected chi connectivity index (χ1v) is 17.0. The number of aliphatic hydroxyl groups excluding tert-OH is 1. The second kappa shape index (κ2) is 14.1. The Balaban J connectivity index is 1.12. The Morgan fingerprint density at radius 3 is 2.41 bits per heavy atom.